The Morgan fingerprint density at radius 1 is 1.42 bits per heavy atom. The van der Waals surface area contributed by atoms with Gasteiger partial charge in [-0.05, 0) is 19.1 Å². The third-order valence-corrected chi connectivity index (χ3v) is 2.20. The van der Waals surface area contributed by atoms with Crippen molar-refractivity contribution in [3.63, 3.8) is 0 Å². The zero-order chi connectivity index (χ0) is 14.3. The highest BCUT2D eigenvalue weighted by Gasteiger charge is 2.14. The highest BCUT2D eigenvalue weighted by molar-refractivity contribution is 6.32. The summed E-state index contributed by atoms with van der Waals surface area (Å²) in [5, 5.41) is 4.33. The van der Waals surface area contributed by atoms with Crippen LogP contribution in [0.25, 0.3) is 0 Å². The molecule has 1 heterocycles. The van der Waals surface area contributed by atoms with Crippen LogP contribution in [0.1, 0.15) is 17.3 Å². The van der Waals surface area contributed by atoms with E-state index < -0.39 is 24.5 Å². The van der Waals surface area contributed by atoms with Gasteiger partial charge in [0.05, 0.1) is 5.56 Å². The van der Waals surface area contributed by atoms with Gasteiger partial charge < -0.3 is 10.1 Å². The number of urea groups is 1. The van der Waals surface area contributed by atoms with E-state index in [4.69, 9.17) is 16.3 Å². The number of esters is 1. The second-order valence-corrected chi connectivity index (χ2v) is 3.68. The topological polar surface area (TPSA) is 97.4 Å². The first-order chi connectivity index (χ1) is 9.04. The third kappa shape index (κ3) is 4.92. The molecule has 0 bridgehead atoms. The van der Waals surface area contributed by atoms with Crippen molar-refractivity contribution in [1.29, 1.82) is 0 Å². The van der Waals surface area contributed by atoms with Crippen LogP contribution in [0.5, 0.6) is 0 Å². The Morgan fingerprint density at radius 2 is 2.16 bits per heavy atom. The minimum atomic E-state index is -0.788. The highest BCUT2D eigenvalue weighted by atomic mass is 35.5. The van der Waals surface area contributed by atoms with Crippen molar-refractivity contribution < 1.29 is 19.1 Å². The quantitative estimate of drug-likeness (QED) is 0.628. The van der Waals surface area contributed by atoms with Gasteiger partial charge >= 0.3 is 12.0 Å². The lowest BCUT2D eigenvalue weighted by atomic mass is 10.3. The number of rotatable bonds is 4. The second kappa shape index (κ2) is 7.32. The molecule has 7 nitrogen and oxygen atoms in total. The number of ether oxygens (including phenoxy) is 1. The van der Waals surface area contributed by atoms with E-state index in [1.54, 1.807) is 6.92 Å². The number of carbonyl (C=O) groups excluding carboxylic acids is 3. The van der Waals surface area contributed by atoms with Crippen LogP contribution in [-0.2, 0) is 9.53 Å². The molecule has 0 saturated heterocycles. The molecule has 8 heteroatoms. The summed E-state index contributed by atoms with van der Waals surface area (Å²) in [6.07, 6.45) is 1.42. The summed E-state index contributed by atoms with van der Waals surface area (Å²) in [5.41, 5.74) is 0.0509. The number of hydrogen-bond donors (Lipinski definition) is 2. The van der Waals surface area contributed by atoms with Crippen LogP contribution in [-0.4, -0.2) is 36.0 Å². The van der Waals surface area contributed by atoms with Crippen LogP contribution in [0.3, 0.4) is 0 Å². The molecular weight excluding hydrogens is 274 g/mol. The van der Waals surface area contributed by atoms with Gasteiger partial charge in [0.2, 0.25) is 0 Å². The second-order valence-electron chi connectivity index (χ2n) is 3.33. The smallest absolute Gasteiger partial charge is 0.341 e. The van der Waals surface area contributed by atoms with Crippen molar-refractivity contribution >= 4 is 29.5 Å². The molecule has 0 atom stereocenters. The van der Waals surface area contributed by atoms with Gasteiger partial charge in [-0.3, -0.25) is 10.1 Å². The van der Waals surface area contributed by atoms with Crippen molar-refractivity contribution in [1.82, 2.24) is 15.6 Å². The van der Waals surface area contributed by atoms with E-state index in [1.165, 1.54) is 18.3 Å². The van der Waals surface area contributed by atoms with Crippen LogP contribution in [0.2, 0.25) is 5.15 Å². The lowest BCUT2D eigenvalue weighted by Crippen LogP contribution is -2.41. The fourth-order valence-electron chi connectivity index (χ4n) is 1.11. The molecule has 0 aliphatic heterocycles. The average Bonchev–Trinajstić information content (AvgIpc) is 2.36. The number of pyridine rings is 1. The minimum absolute atomic E-state index is 0.0170. The molecule has 1 aromatic rings. The molecule has 0 aromatic carbocycles. The molecule has 19 heavy (non-hydrogen) atoms. The van der Waals surface area contributed by atoms with E-state index in [9.17, 15) is 14.4 Å². The Balaban J connectivity index is 2.45. The number of imide groups is 1. The van der Waals surface area contributed by atoms with Gasteiger partial charge in [-0.25, -0.2) is 14.6 Å². The van der Waals surface area contributed by atoms with Crippen molar-refractivity contribution in [3.8, 4) is 0 Å². The fourth-order valence-corrected chi connectivity index (χ4v) is 1.31. The van der Waals surface area contributed by atoms with Gasteiger partial charge in [-0.1, -0.05) is 11.6 Å². The predicted octanol–water partition coefficient (Wildman–Crippen LogP) is 0.737. The van der Waals surface area contributed by atoms with Crippen molar-refractivity contribution in [2.45, 2.75) is 6.92 Å². The van der Waals surface area contributed by atoms with E-state index in [0.29, 0.717) is 6.54 Å². The SMILES string of the molecule is CCNC(=O)NC(=O)COC(=O)c1cccnc1Cl. The van der Waals surface area contributed by atoms with Gasteiger partial charge in [-0.15, -0.1) is 0 Å². The monoisotopic (exact) mass is 285 g/mol. The van der Waals surface area contributed by atoms with Gasteiger partial charge in [0.1, 0.15) is 5.15 Å². The van der Waals surface area contributed by atoms with Crippen molar-refractivity contribution in [2.24, 2.45) is 0 Å². The number of nitrogens with zero attached hydrogens (tertiary/aromatic N) is 1. The average molecular weight is 286 g/mol. The maximum Gasteiger partial charge on any atom is 0.341 e. The number of aromatic nitrogens is 1. The van der Waals surface area contributed by atoms with Crippen LogP contribution < -0.4 is 10.6 Å². The van der Waals surface area contributed by atoms with Crippen LogP contribution >= 0.6 is 11.6 Å². The summed E-state index contributed by atoms with van der Waals surface area (Å²) in [4.78, 5) is 37.5. The Labute approximate surface area is 114 Å². The molecule has 0 radical (unpaired) electrons. The molecule has 1 aromatic heterocycles. The molecule has 0 aliphatic rings. The Morgan fingerprint density at radius 3 is 2.79 bits per heavy atom. The molecule has 2 N–H and O–H groups in total. The van der Waals surface area contributed by atoms with E-state index in [-0.39, 0.29) is 10.7 Å². The van der Waals surface area contributed by atoms with Crippen LogP contribution in [0.15, 0.2) is 18.3 Å². The Kier molecular flexibility index (Phi) is 5.74. The maximum absolute atomic E-state index is 11.6. The largest absolute Gasteiger partial charge is 0.452 e. The zero-order valence-corrected chi connectivity index (χ0v) is 10.9. The summed E-state index contributed by atoms with van der Waals surface area (Å²) < 4.78 is 4.69. The summed E-state index contributed by atoms with van der Waals surface area (Å²) in [6, 6.07) is 2.28. The molecular formula is C11H12ClN3O4. The number of halogens is 1. The first-order valence-corrected chi connectivity index (χ1v) is 5.77. The van der Waals surface area contributed by atoms with E-state index in [1.807, 2.05) is 5.32 Å². The van der Waals surface area contributed by atoms with Gasteiger partial charge in [-0.2, -0.15) is 0 Å². The van der Waals surface area contributed by atoms with E-state index in [2.05, 4.69) is 10.3 Å². The summed E-state index contributed by atoms with van der Waals surface area (Å²) >= 11 is 5.68. The molecule has 1 rings (SSSR count). The summed E-state index contributed by atoms with van der Waals surface area (Å²) in [6.45, 7) is 1.50. The Hall–Kier alpha value is -2.15. The molecule has 0 unspecified atom stereocenters. The maximum atomic E-state index is 11.6. The fraction of sp³-hybridized carbons (Fsp3) is 0.273. The molecule has 102 valence electrons. The number of nitrogens with one attached hydrogen (secondary N) is 2. The molecule has 0 saturated carbocycles. The number of carbonyl (C=O) groups is 3. The lowest BCUT2D eigenvalue weighted by Gasteiger charge is -2.06. The predicted molar refractivity (Wildman–Crippen MR) is 66.7 cm³/mol. The van der Waals surface area contributed by atoms with Gasteiger partial charge in [0.25, 0.3) is 5.91 Å². The normalized spacial score (nSPS) is 9.58. The van der Waals surface area contributed by atoms with Gasteiger partial charge in [0.15, 0.2) is 6.61 Å². The summed E-state index contributed by atoms with van der Waals surface area (Å²) in [5.74, 6) is -1.52. The lowest BCUT2D eigenvalue weighted by molar-refractivity contribution is -0.123. The summed E-state index contributed by atoms with van der Waals surface area (Å²) in [7, 11) is 0. The standard InChI is InChI=1S/C11H12ClN3O4/c1-2-13-11(18)15-8(16)6-19-10(17)7-4-3-5-14-9(7)12/h3-5H,2,6H2,1H3,(H2,13,15,16,18). The molecule has 0 aliphatic carbocycles. The van der Waals surface area contributed by atoms with Crippen molar-refractivity contribution in [2.75, 3.05) is 13.2 Å². The number of amides is 3. The first kappa shape index (κ1) is 14.9. The molecule has 3 amide bonds. The molecule has 0 fully saturated rings. The van der Waals surface area contributed by atoms with E-state index in [0.717, 1.165) is 0 Å². The van der Waals surface area contributed by atoms with Crippen molar-refractivity contribution in [3.05, 3.63) is 29.0 Å². The zero-order valence-electron chi connectivity index (χ0n) is 10.1. The van der Waals surface area contributed by atoms with Gasteiger partial charge in [0, 0.05) is 12.7 Å². The number of hydrogen-bond acceptors (Lipinski definition) is 5. The van der Waals surface area contributed by atoms with Crippen LogP contribution in [0.4, 0.5) is 4.79 Å². The Bertz CT molecular complexity index is 493. The van der Waals surface area contributed by atoms with E-state index >= 15 is 0 Å². The van der Waals surface area contributed by atoms with Crippen LogP contribution in [0, 0.1) is 0 Å². The first-order valence-electron chi connectivity index (χ1n) is 5.40. The molecule has 0 spiro atoms. The third-order valence-electron chi connectivity index (χ3n) is 1.90. The minimum Gasteiger partial charge on any atom is -0.452 e. The highest BCUT2D eigenvalue weighted by Crippen LogP contribution is 2.12.